The topological polar surface area (TPSA) is 30.8 Å². The van der Waals surface area contributed by atoms with Crippen LogP contribution < -0.4 is 4.74 Å². The molecule has 0 saturated heterocycles. The molecular weight excluding hydrogens is 346 g/mol. The second kappa shape index (κ2) is 9.99. The van der Waals surface area contributed by atoms with Crippen LogP contribution in [0.4, 0.5) is 0 Å². The average Bonchev–Trinajstić information content (AvgIpc) is 2.74. The van der Waals surface area contributed by atoms with E-state index < -0.39 is 0 Å². The van der Waals surface area contributed by atoms with Crippen molar-refractivity contribution in [3.63, 3.8) is 0 Å². The van der Waals surface area contributed by atoms with Crippen LogP contribution in [0.5, 0.6) is 5.75 Å². The molecule has 0 aromatic heterocycles. The van der Waals surface area contributed by atoms with E-state index in [2.05, 4.69) is 36.1 Å². The molecule has 0 bridgehead atoms. The maximum atomic E-state index is 5.72. The lowest BCUT2D eigenvalue weighted by molar-refractivity contribution is 0.101. The summed E-state index contributed by atoms with van der Waals surface area (Å²) in [7, 11) is 1.65. The summed E-state index contributed by atoms with van der Waals surface area (Å²) in [6, 6.07) is 25.9. The Bertz CT molecular complexity index is 949. The molecule has 0 amide bonds. The van der Waals surface area contributed by atoms with Crippen LogP contribution in [0.2, 0.25) is 0 Å². The maximum absolute atomic E-state index is 5.72. The summed E-state index contributed by atoms with van der Waals surface area (Å²) in [6.45, 7) is 2.06. The van der Waals surface area contributed by atoms with Crippen molar-refractivity contribution in [3.8, 4) is 17.6 Å². The van der Waals surface area contributed by atoms with Gasteiger partial charge < -0.3 is 9.57 Å². The minimum Gasteiger partial charge on any atom is -0.497 e. The fourth-order valence-corrected chi connectivity index (χ4v) is 2.60. The fourth-order valence-electron chi connectivity index (χ4n) is 2.60. The monoisotopic (exact) mass is 369 g/mol. The van der Waals surface area contributed by atoms with Crippen LogP contribution >= 0.6 is 0 Å². The summed E-state index contributed by atoms with van der Waals surface area (Å²) in [4.78, 5) is 5.72. The van der Waals surface area contributed by atoms with Crippen molar-refractivity contribution in [2.75, 3.05) is 7.11 Å². The van der Waals surface area contributed by atoms with Crippen molar-refractivity contribution in [2.24, 2.45) is 5.16 Å². The Balaban J connectivity index is 1.72. The van der Waals surface area contributed by atoms with Crippen LogP contribution in [0.25, 0.3) is 0 Å². The van der Waals surface area contributed by atoms with Gasteiger partial charge in [0.15, 0.2) is 6.10 Å². The van der Waals surface area contributed by atoms with E-state index in [0.717, 1.165) is 22.4 Å². The highest BCUT2D eigenvalue weighted by Crippen LogP contribution is 2.11. The van der Waals surface area contributed by atoms with Crippen molar-refractivity contribution in [1.82, 2.24) is 0 Å². The lowest BCUT2D eigenvalue weighted by Gasteiger charge is -2.09. The van der Waals surface area contributed by atoms with Crippen molar-refractivity contribution in [1.29, 1.82) is 0 Å². The molecule has 0 saturated carbocycles. The summed E-state index contributed by atoms with van der Waals surface area (Å²) in [5, 5.41) is 4.16. The van der Waals surface area contributed by atoms with E-state index in [1.165, 1.54) is 5.56 Å². The molecule has 1 unspecified atom stereocenters. The molecule has 3 rings (SSSR count). The fraction of sp³-hybridized carbons (Fsp3) is 0.160. The zero-order chi connectivity index (χ0) is 19.6. The molecule has 28 heavy (non-hydrogen) atoms. The molecular formula is C25H23NO2. The quantitative estimate of drug-likeness (QED) is 0.347. The van der Waals surface area contributed by atoms with Crippen molar-refractivity contribution >= 4 is 6.21 Å². The summed E-state index contributed by atoms with van der Waals surface area (Å²) in [5.41, 5.74) is 4.27. The van der Waals surface area contributed by atoms with Gasteiger partial charge in [-0.3, -0.25) is 0 Å². The largest absolute Gasteiger partial charge is 0.497 e. The third-order valence-corrected chi connectivity index (χ3v) is 4.20. The number of oxime groups is 1. The summed E-state index contributed by atoms with van der Waals surface area (Å²) < 4.78 is 5.18. The van der Waals surface area contributed by atoms with Gasteiger partial charge in [0.05, 0.1) is 13.3 Å². The Morgan fingerprint density at radius 1 is 0.929 bits per heavy atom. The maximum Gasteiger partial charge on any atom is 0.191 e. The standard InChI is InChI=1S/C25H23NO2/c1-20-8-10-23(11-9-20)19-26-28-25(18-22-6-4-3-5-7-22)17-14-21-12-15-24(27-2)16-13-21/h3-13,15-16,19,25H,18H2,1-2H3/b26-19+. The predicted molar refractivity (Wildman–Crippen MR) is 114 cm³/mol. The molecule has 0 aliphatic rings. The lowest BCUT2D eigenvalue weighted by Crippen LogP contribution is -2.11. The van der Waals surface area contributed by atoms with Gasteiger partial charge in [-0.15, -0.1) is 0 Å². The Morgan fingerprint density at radius 2 is 1.64 bits per heavy atom. The molecule has 0 spiro atoms. The van der Waals surface area contributed by atoms with Crippen molar-refractivity contribution in [3.05, 3.63) is 101 Å². The van der Waals surface area contributed by atoms with Gasteiger partial charge in [0.25, 0.3) is 0 Å². The molecule has 140 valence electrons. The summed E-state index contributed by atoms with van der Waals surface area (Å²) in [6.07, 6.45) is 2.04. The zero-order valence-corrected chi connectivity index (χ0v) is 16.1. The number of ether oxygens (including phenoxy) is 1. The van der Waals surface area contributed by atoms with Crippen LogP contribution in [0.1, 0.15) is 22.3 Å². The highest BCUT2D eigenvalue weighted by molar-refractivity contribution is 5.79. The Morgan fingerprint density at radius 3 is 2.32 bits per heavy atom. The predicted octanol–water partition coefficient (Wildman–Crippen LogP) is 5.02. The van der Waals surface area contributed by atoms with Gasteiger partial charge in [0.2, 0.25) is 0 Å². The van der Waals surface area contributed by atoms with Gasteiger partial charge in [-0.25, -0.2) is 0 Å². The molecule has 3 aromatic carbocycles. The zero-order valence-electron chi connectivity index (χ0n) is 16.1. The van der Waals surface area contributed by atoms with Gasteiger partial charge in [-0.05, 0) is 42.3 Å². The smallest absolute Gasteiger partial charge is 0.191 e. The highest BCUT2D eigenvalue weighted by Gasteiger charge is 2.07. The number of hydrogen-bond acceptors (Lipinski definition) is 3. The third kappa shape index (κ3) is 6.03. The van der Waals surface area contributed by atoms with E-state index in [-0.39, 0.29) is 6.10 Å². The number of hydrogen-bond donors (Lipinski definition) is 0. The Kier molecular flexibility index (Phi) is 6.87. The van der Waals surface area contributed by atoms with E-state index in [4.69, 9.17) is 9.57 Å². The molecule has 3 nitrogen and oxygen atoms in total. The van der Waals surface area contributed by atoms with Crippen LogP contribution in [0.3, 0.4) is 0 Å². The van der Waals surface area contributed by atoms with Crippen LogP contribution in [-0.2, 0) is 11.3 Å². The van der Waals surface area contributed by atoms with Gasteiger partial charge >= 0.3 is 0 Å². The van der Waals surface area contributed by atoms with Gasteiger partial charge in [-0.1, -0.05) is 77.2 Å². The number of methoxy groups -OCH3 is 1. The SMILES string of the molecule is COc1ccc(C#CC(Cc2ccccc2)O/N=C/c2ccc(C)cc2)cc1. The molecule has 1 atom stereocenters. The molecule has 0 fully saturated rings. The van der Waals surface area contributed by atoms with E-state index in [1.807, 2.05) is 66.7 Å². The number of nitrogens with zero attached hydrogens (tertiary/aromatic N) is 1. The molecule has 0 aliphatic carbocycles. The lowest BCUT2D eigenvalue weighted by atomic mass is 10.1. The van der Waals surface area contributed by atoms with Crippen LogP contribution in [-0.4, -0.2) is 19.4 Å². The minimum atomic E-state index is -0.341. The van der Waals surface area contributed by atoms with Crippen LogP contribution in [0.15, 0.2) is 84.0 Å². The molecule has 0 heterocycles. The van der Waals surface area contributed by atoms with Gasteiger partial charge in [0.1, 0.15) is 5.75 Å². The first kappa shape index (κ1) is 19.3. The molecule has 0 radical (unpaired) electrons. The normalized spacial score (nSPS) is 11.5. The van der Waals surface area contributed by atoms with Crippen molar-refractivity contribution < 1.29 is 9.57 Å². The molecule has 3 heteroatoms. The molecule has 0 aliphatic heterocycles. The molecule has 3 aromatic rings. The average molecular weight is 369 g/mol. The Labute approximate surface area is 166 Å². The van der Waals surface area contributed by atoms with Crippen LogP contribution in [0, 0.1) is 18.8 Å². The number of benzene rings is 3. The first-order valence-corrected chi connectivity index (χ1v) is 9.18. The Hall–Kier alpha value is -3.51. The second-order valence-electron chi connectivity index (χ2n) is 6.43. The van der Waals surface area contributed by atoms with E-state index in [1.54, 1.807) is 13.3 Å². The third-order valence-electron chi connectivity index (χ3n) is 4.20. The van der Waals surface area contributed by atoms with Gasteiger partial charge in [-0.2, -0.15) is 0 Å². The van der Waals surface area contributed by atoms with E-state index >= 15 is 0 Å². The second-order valence-corrected chi connectivity index (χ2v) is 6.43. The summed E-state index contributed by atoms with van der Waals surface area (Å²) >= 11 is 0. The van der Waals surface area contributed by atoms with Gasteiger partial charge in [0, 0.05) is 12.0 Å². The summed E-state index contributed by atoms with van der Waals surface area (Å²) in [5.74, 6) is 7.17. The van der Waals surface area contributed by atoms with E-state index in [9.17, 15) is 0 Å². The number of aryl methyl sites for hydroxylation is 1. The first-order chi connectivity index (χ1) is 13.7. The minimum absolute atomic E-state index is 0.341. The first-order valence-electron chi connectivity index (χ1n) is 9.18. The van der Waals surface area contributed by atoms with Crippen molar-refractivity contribution in [2.45, 2.75) is 19.4 Å². The highest BCUT2D eigenvalue weighted by atomic mass is 16.6. The molecule has 0 N–H and O–H groups in total. The number of rotatable bonds is 6. The van der Waals surface area contributed by atoms with E-state index in [0.29, 0.717) is 6.42 Å².